The second-order valence-corrected chi connectivity index (χ2v) is 11.0. The van der Waals surface area contributed by atoms with Crippen molar-refractivity contribution in [1.29, 1.82) is 0 Å². The summed E-state index contributed by atoms with van der Waals surface area (Å²) in [5.41, 5.74) is 8.35. The number of amidine groups is 1. The number of benzene rings is 1. The minimum Gasteiger partial charge on any atom is -0.382 e. The third-order valence-corrected chi connectivity index (χ3v) is 7.60. The monoisotopic (exact) mass is 561 g/mol. The Bertz CT molecular complexity index is 1380. The van der Waals surface area contributed by atoms with E-state index in [4.69, 9.17) is 22.1 Å². The normalized spacial score (nSPS) is 21.2. The number of nitrogens with zero attached hydrogens (tertiary/aromatic N) is 5. The van der Waals surface area contributed by atoms with Crippen LogP contribution in [-0.4, -0.2) is 72.0 Å². The molecule has 3 N–H and O–H groups in total. The average Bonchev–Trinajstić information content (AvgIpc) is 2.95. The number of hydrogen-bond acceptors (Lipinski definition) is 8. The molecular weight excluding hydrogens is 530 g/mol. The smallest absolute Gasteiger partial charge is 0.256 e. The molecule has 0 aliphatic carbocycles. The van der Waals surface area contributed by atoms with Crippen molar-refractivity contribution in [2.75, 3.05) is 38.2 Å². The predicted octanol–water partition coefficient (Wildman–Crippen LogP) is 3.78. The van der Waals surface area contributed by atoms with Crippen molar-refractivity contribution in [3.05, 3.63) is 76.8 Å². The molecular formula is C29H32ClN7O3. The van der Waals surface area contributed by atoms with Crippen LogP contribution in [-0.2, 0) is 9.53 Å². The van der Waals surface area contributed by atoms with Crippen LogP contribution < -0.4 is 11.1 Å². The molecule has 1 aromatic carbocycles. The maximum Gasteiger partial charge on any atom is 0.256 e. The summed E-state index contributed by atoms with van der Waals surface area (Å²) >= 11 is 5.87. The van der Waals surface area contributed by atoms with E-state index in [9.17, 15) is 9.59 Å². The van der Waals surface area contributed by atoms with Crippen molar-refractivity contribution in [2.45, 2.75) is 19.8 Å². The molecule has 1 aromatic heterocycles. The molecule has 208 valence electrons. The van der Waals surface area contributed by atoms with Crippen molar-refractivity contribution >= 4 is 47.5 Å². The third kappa shape index (κ3) is 5.78. The zero-order chi connectivity index (χ0) is 28.3. The second-order valence-electron chi connectivity index (χ2n) is 10.5. The van der Waals surface area contributed by atoms with E-state index in [1.165, 1.54) is 6.20 Å². The van der Waals surface area contributed by atoms with Crippen LogP contribution in [0, 0.1) is 11.3 Å². The van der Waals surface area contributed by atoms with E-state index in [1.54, 1.807) is 42.6 Å². The number of halogens is 1. The van der Waals surface area contributed by atoms with Crippen LogP contribution >= 0.6 is 11.6 Å². The van der Waals surface area contributed by atoms with Gasteiger partial charge in [-0.15, -0.1) is 0 Å². The molecule has 0 unspecified atom stereocenters. The molecule has 11 heteroatoms. The lowest BCUT2D eigenvalue weighted by atomic mass is 9.85. The fourth-order valence-corrected chi connectivity index (χ4v) is 5.31. The van der Waals surface area contributed by atoms with E-state index in [-0.39, 0.29) is 17.7 Å². The summed E-state index contributed by atoms with van der Waals surface area (Å²) in [4.78, 5) is 42.5. The van der Waals surface area contributed by atoms with Crippen molar-refractivity contribution in [3.8, 4) is 0 Å². The van der Waals surface area contributed by atoms with E-state index >= 15 is 0 Å². The van der Waals surface area contributed by atoms with Crippen LogP contribution in [0.5, 0.6) is 0 Å². The molecule has 5 rings (SSSR count). The van der Waals surface area contributed by atoms with Crippen molar-refractivity contribution in [1.82, 2.24) is 14.8 Å². The number of ether oxygens (including phenoxy) is 1. The first kappa shape index (κ1) is 27.5. The van der Waals surface area contributed by atoms with Crippen LogP contribution in [0.25, 0.3) is 5.70 Å². The zero-order valence-electron chi connectivity index (χ0n) is 22.3. The van der Waals surface area contributed by atoms with Crippen molar-refractivity contribution < 1.29 is 14.3 Å². The largest absolute Gasteiger partial charge is 0.382 e. The first-order chi connectivity index (χ1) is 19.3. The number of amides is 2. The lowest BCUT2D eigenvalue weighted by molar-refractivity contribution is -0.170. The van der Waals surface area contributed by atoms with Gasteiger partial charge in [0.25, 0.3) is 5.91 Å². The number of carbonyl (C=O) groups is 2. The highest BCUT2D eigenvalue weighted by atomic mass is 35.5. The molecule has 2 amide bonds. The number of anilines is 1. The van der Waals surface area contributed by atoms with E-state index in [0.29, 0.717) is 59.9 Å². The number of hydrogen-bond donors (Lipinski definition) is 2. The molecule has 0 bridgehead atoms. The summed E-state index contributed by atoms with van der Waals surface area (Å²) in [6, 6.07) is 10.3. The number of rotatable bonds is 7. The Morgan fingerprint density at radius 1 is 1.23 bits per heavy atom. The predicted molar refractivity (Wildman–Crippen MR) is 156 cm³/mol. The number of aromatic nitrogens is 1. The second kappa shape index (κ2) is 11.6. The van der Waals surface area contributed by atoms with Gasteiger partial charge in [0.1, 0.15) is 17.4 Å². The summed E-state index contributed by atoms with van der Waals surface area (Å²) in [5.74, 6) is 0.832. The van der Waals surface area contributed by atoms with Gasteiger partial charge in [-0.2, -0.15) is 0 Å². The number of aliphatic imine (C=N–C) groups is 2. The van der Waals surface area contributed by atoms with Gasteiger partial charge in [0, 0.05) is 49.4 Å². The Labute approximate surface area is 238 Å². The van der Waals surface area contributed by atoms with Crippen LogP contribution in [0.3, 0.4) is 0 Å². The Kier molecular flexibility index (Phi) is 7.99. The van der Waals surface area contributed by atoms with Gasteiger partial charge in [0.15, 0.2) is 0 Å². The maximum absolute atomic E-state index is 13.1. The van der Waals surface area contributed by atoms with Gasteiger partial charge in [-0.05, 0) is 56.7 Å². The third-order valence-electron chi connectivity index (χ3n) is 7.38. The summed E-state index contributed by atoms with van der Waals surface area (Å²) < 4.78 is 5.31. The van der Waals surface area contributed by atoms with Gasteiger partial charge in [-0.25, -0.2) is 9.98 Å². The fourth-order valence-electron chi connectivity index (χ4n) is 5.20. The fraction of sp³-hybridized carbons (Fsp3) is 0.345. The molecule has 0 saturated carbocycles. The lowest BCUT2D eigenvalue weighted by Gasteiger charge is -2.43. The molecule has 4 heterocycles. The van der Waals surface area contributed by atoms with Crippen LogP contribution in [0.15, 0.2) is 70.7 Å². The topological polar surface area (TPSA) is 126 Å². The molecule has 40 heavy (non-hydrogen) atoms. The number of piperidine rings is 1. The lowest BCUT2D eigenvalue weighted by Crippen LogP contribution is -2.56. The number of carbonyl (C=O) groups excluding carboxylic acids is 2. The Morgan fingerprint density at radius 3 is 2.62 bits per heavy atom. The molecule has 10 nitrogen and oxygen atoms in total. The Hall–Kier alpha value is -4.02. The average molecular weight is 562 g/mol. The van der Waals surface area contributed by atoms with E-state index in [1.807, 2.05) is 22.9 Å². The summed E-state index contributed by atoms with van der Waals surface area (Å²) in [5, 5.41) is 3.24. The molecule has 1 atom stereocenters. The molecule has 0 spiro atoms. The number of likely N-dealkylation sites (tertiary alicyclic amines) is 1. The highest BCUT2D eigenvalue weighted by Gasteiger charge is 2.44. The quantitative estimate of drug-likeness (QED) is 0.496. The first-order valence-electron chi connectivity index (χ1n) is 13.2. The highest BCUT2D eigenvalue weighted by molar-refractivity contribution is 6.30. The van der Waals surface area contributed by atoms with E-state index in [2.05, 4.69) is 27.0 Å². The van der Waals surface area contributed by atoms with E-state index in [0.717, 1.165) is 24.9 Å². The van der Waals surface area contributed by atoms with Gasteiger partial charge >= 0.3 is 0 Å². The van der Waals surface area contributed by atoms with Gasteiger partial charge in [0.2, 0.25) is 5.91 Å². The standard InChI is InChI=1S/C29H32ClN7O3/c1-29(17-40-18-29)28(39)37-12-3-4-19(16-37)15-36-13-11-33-26(31)25(36)24(32-2)20-5-7-21(8-6-20)27(38)35-23-10-9-22(30)14-34-23/h5-11,13-14,19H,2-4,12,15-18H2,1H3,(H2,31,33)(H,34,35,38)/b25-24-/t19-/m0/s1. The van der Waals surface area contributed by atoms with Gasteiger partial charge in [-0.3, -0.25) is 14.6 Å². The summed E-state index contributed by atoms with van der Waals surface area (Å²) in [6.07, 6.45) is 6.94. The summed E-state index contributed by atoms with van der Waals surface area (Å²) in [7, 11) is 0. The van der Waals surface area contributed by atoms with Gasteiger partial charge in [0.05, 0.1) is 29.3 Å². The minimum absolute atomic E-state index is 0.166. The van der Waals surface area contributed by atoms with Gasteiger partial charge in [-0.1, -0.05) is 23.7 Å². The van der Waals surface area contributed by atoms with Crippen LogP contribution in [0.4, 0.5) is 5.82 Å². The molecule has 0 radical (unpaired) electrons. The SMILES string of the molecule is C=N/C(=C1/C(N)=NC=CN1C[C@@H]1CCCN(C(=O)C2(C)COC2)C1)c1ccc(C(=O)Nc2ccc(Cl)cn2)cc1. The number of pyridine rings is 1. The minimum atomic E-state index is -0.413. The molecule has 3 aliphatic heterocycles. The van der Waals surface area contributed by atoms with Crippen LogP contribution in [0.2, 0.25) is 5.02 Å². The molecule has 3 aliphatic rings. The Balaban J connectivity index is 1.33. The van der Waals surface area contributed by atoms with Crippen molar-refractivity contribution in [2.24, 2.45) is 27.1 Å². The van der Waals surface area contributed by atoms with Crippen LogP contribution in [0.1, 0.15) is 35.7 Å². The molecule has 2 fully saturated rings. The van der Waals surface area contributed by atoms with Crippen molar-refractivity contribution in [3.63, 3.8) is 0 Å². The molecule has 2 aromatic rings. The molecule has 2 saturated heterocycles. The maximum atomic E-state index is 13.1. The highest BCUT2D eigenvalue weighted by Crippen LogP contribution is 2.32. The number of nitrogens with two attached hydrogens (primary N) is 1. The zero-order valence-corrected chi connectivity index (χ0v) is 23.1. The number of nitrogens with one attached hydrogen (secondary N) is 1. The van der Waals surface area contributed by atoms with Gasteiger partial charge < -0.3 is 25.6 Å². The van der Waals surface area contributed by atoms with E-state index < -0.39 is 5.41 Å². The first-order valence-corrected chi connectivity index (χ1v) is 13.5. The summed E-state index contributed by atoms with van der Waals surface area (Å²) in [6.45, 7) is 8.81. The Morgan fingerprint density at radius 2 is 1.98 bits per heavy atom.